The Hall–Kier alpha value is -3.35. The van der Waals surface area contributed by atoms with Crippen LogP contribution in [0.25, 0.3) is 0 Å². The molecule has 2 aromatic rings. The van der Waals surface area contributed by atoms with Crippen molar-refractivity contribution in [2.75, 3.05) is 6.61 Å². The van der Waals surface area contributed by atoms with Gasteiger partial charge in [-0.3, -0.25) is 19.5 Å². The molecule has 0 bridgehead atoms. The zero-order valence-electron chi connectivity index (χ0n) is 14.8. The lowest BCUT2D eigenvalue weighted by molar-refractivity contribution is -0.146. The van der Waals surface area contributed by atoms with Crippen molar-refractivity contribution in [3.05, 3.63) is 65.3 Å². The summed E-state index contributed by atoms with van der Waals surface area (Å²) in [7, 11) is 0. The molecular weight excluding hydrogens is 346 g/mol. The number of imide groups is 1. The molecule has 1 aromatic heterocycles. The lowest BCUT2D eigenvalue weighted by Gasteiger charge is -2.36. The third kappa shape index (κ3) is 3.01. The zero-order valence-corrected chi connectivity index (χ0v) is 14.8. The average molecular weight is 365 g/mol. The van der Waals surface area contributed by atoms with Gasteiger partial charge in [0.05, 0.1) is 18.7 Å². The summed E-state index contributed by atoms with van der Waals surface area (Å²) < 4.78 is 11.2. The average Bonchev–Trinajstić information content (AvgIpc) is 2.65. The molecule has 2 aliphatic heterocycles. The van der Waals surface area contributed by atoms with Crippen LogP contribution in [0.1, 0.15) is 30.4 Å². The third-order valence-electron chi connectivity index (χ3n) is 4.75. The number of hydrogen-bond donors (Lipinski definition) is 1. The van der Waals surface area contributed by atoms with E-state index >= 15 is 0 Å². The van der Waals surface area contributed by atoms with Gasteiger partial charge in [-0.05, 0) is 30.7 Å². The van der Waals surface area contributed by atoms with Crippen LogP contribution in [0.3, 0.4) is 0 Å². The smallest absolute Gasteiger partial charge is 0.262 e. The SMILES string of the molecule is CCOc1ccc2c(c1)OC(N)=C1C(=O)N(Cc3ccncc3)C(=O)CC12. The number of carbonyl (C=O) groups is 2. The Kier molecular flexibility index (Phi) is 4.27. The molecule has 4 rings (SSSR count). The summed E-state index contributed by atoms with van der Waals surface area (Å²) in [6, 6.07) is 8.92. The molecule has 1 aromatic carbocycles. The molecule has 2 amide bonds. The van der Waals surface area contributed by atoms with Crippen LogP contribution in [-0.2, 0) is 16.1 Å². The number of rotatable bonds is 4. The quantitative estimate of drug-likeness (QED) is 0.834. The molecule has 138 valence electrons. The number of piperidine rings is 1. The Balaban J connectivity index is 1.67. The van der Waals surface area contributed by atoms with Crippen molar-refractivity contribution in [3.63, 3.8) is 0 Å². The molecule has 27 heavy (non-hydrogen) atoms. The van der Waals surface area contributed by atoms with Gasteiger partial charge >= 0.3 is 0 Å². The largest absolute Gasteiger partial charge is 0.494 e. The maximum atomic E-state index is 13.0. The van der Waals surface area contributed by atoms with Crippen LogP contribution in [-0.4, -0.2) is 28.3 Å². The number of fused-ring (bicyclic) bond motifs is 3. The van der Waals surface area contributed by atoms with Gasteiger partial charge in [0.25, 0.3) is 5.91 Å². The first-order chi connectivity index (χ1) is 13.1. The molecule has 1 atom stereocenters. The van der Waals surface area contributed by atoms with Crippen LogP contribution < -0.4 is 15.2 Å². The highest BCUT2D eigenvalue weighted by Gasteiger charge is 2.43. The van der Waals surface area contributed by atoms with Crippen molar-refractivity contribution in [2.24, 2.45) is 5.73 Å². The van der Waals surface area contributed by atoms with Crippen molar-refractivity contribution in [3.8, 4) is 11.5 Å². The van der Waals surface area contributed by atoms with Crippen molar-refractivity contribution in [1.29, 1.82) is 0 Å². The summed E-state index contributed by atoms with van der Waals surface area (Å²) in [4.78, 5) is 30.9. The topological polar surface area (TPSA) is 94.8 Å². The molecule has 0 aliphatic carbocycles. The number of benzene rings is 1. The maximum Gasteiger partial charge on any atom is 0.262 e. The van der Waals surface area contributed by atoms with E-state index in [1.807, 2.05) is 19.1 Å². The van der Waals surface area contributed by atoms with Crippen LogP contribution in [0.2, 0.25) is 0 Å². The Morgan fingerprint density at radius 1 is 1.26 bits per heavy atom. The van der Waals surface area contributed by atoms with E-state index in [4.69, 9.17) is 15.2 Å². The summed E-state index contributed by atoms with van der Waals surface area (Å²) in [6.07, 6.45) is 3.42. The van der Waals surface area contributed by atoms with E-state index in [-0.39, 0.29) is 24.8 Å². The number of aromatic nitrogens is 1. The third-order valence-corrected chi connectivity index (χ3v) is 4.75. The normalized spacial score (nSPS) is 18.7. The molecule has 7 heteroatoms. The van der Waals surface area contributed by atoms with Crippen molar-refractivity contribution >= 4 is 11.8 Å². The second-order valence-corrected chi connectivity index (χ2v) is 6.41. The number of carbonyl (C=O) groups excluding carboxylic acids is 2. The van der Waals surface area contributed by atoms with E-state index < -0.39 is 11.8 Å². The minimum atomic E-state index is -0.412. The first kappa shape index (κ1) is 17.1. The predicted octanol–water partition coefficient (Wildman–Crippen LogP) is 2.09. The Labute approximate surface area is 156 Å². The molecule has 3 heterocycles. The number of amides is 2. The van der Waals surface area contributed by atoms with Gasteiger partial charge in [-0.1, -0.05) is 6.07 Å². The summed E-state index contributed by atoms with van der Waals surface area (Å²) in [5.41, 5.74) is 7.99. The molecule has 2 N–H and O–H groups in total. The number of ether oxygens (including phenoxy) is 2. The van der Waals surface area contributed by atoms with Crippen LogP contribution in [0.5, 0.6) is 11.5 Å². The highest BCUT2D eigenvalue weighted by atomic mass is 16.5. The van der Waals surface area contributed by atoms with Crippen LogP contribution >= 0.6 is 0 Å². The fourth-order valence-corrected chi connectivity index (χ4v) is 3.49. The Morgan fingerprint density at radius 3 is 2.78 bits per heavy atom. The number of nitrogens with two attached hydrogens (primary N) is 1. The van der Waals surface area contributed by atoms with Crippen molar-refractivity contribution in [1.82, 2.24) is 9.88 Å². The summed E-state index contributed by atoms with van der Waals surface area (Å²) in [5.74, 6) is 0.164. The number of pyridine rings is 1. The molecule has 0 spiro atoms. The molecule has 0 saturated carbocycles. The minimum absolute atomic E-state index is 0.0402. The van der Waals surface area contributed by atoms with Gasteiger partial charge in [-0.2, -0.15) is 0 Å². The second-order valence-electron chi connectivity index (χ2n) is 6.41. The van der Waals surface area contributed by atoms with Gasteiger partial charge < -0.3 is 15.2 Å². The molecule has 7 nitrogen and oxygen atoms in total. The molecule has 2 aliphatic rings. The maximum absolute atomic E-state index is 13.0. The zero-order chi connectivity index (χ0) is 19.0. The van der Waals surface area contributed by atoms with E-state index in [1.54, 1.807) is 30.6 Å². The van der Waals surface area contributed by atoms with Crippen molar-refractivity contribution in [2.45, 2.75) is 25.8 Å². The minimum Gasteiger partial charge on any atom is -0.494 e. The monoisotopic (exact) mass is 365 g/mol. The van der Waals surface area contributed by atoms with Gasteiger partial charge in [0.1, 0.15) is 11.5 Å². The van der Waals surface area contributed by atoms with E-state index in [9.17, 15) is 9.59 Å². The van der Waals surface area contributed by atoms with Gasteiger partial charge in [0.15, 0.2) is 5.88 Å². The fourth-order valence-electron chi connectivity index (χ4n) is 3.49. The van der Waals surface area contributed by atoms with E-state index in [0.717, 1.165) is 11.1 Å². The number of hydrogen-bond acceptors (Lipinski definition) is 6. The van der Waals surface area contributed by atoms with Gasteiger partial charge in [0, 0.05) is 36.4 Å². The van der Waals surface area contributed by atoms with Crippen molar-refractivity contribution < 1.29 is 19.1 Å². The number of nitrogens with zero attached hydrogens (tertiary/aromatic N) is 2. The molecule has 1 saturated heterocycles. The Bertz CT molecular complexity index is 939. The first-order valence-electron chi connectivity index (χ1n) is 8.76. The van der Waals surface area contributed by atoms with Gasteiger partial charge in [0.2, 0.25) is 5.91 Å². The molecule has 0 radical (unpaired) electrons. The lowest BCUT2D eigenvalue weighted by atomic mass is 9.82. The Morgan fingerprint density at radius 2 is 2.04 bits per heavy atom. The molecular formula is C20H19N3O4. The fraction of sp³-hybridized carbons (Fsp3) is 0.250. The summed E-state index contributed by atoms with van der Waals surface area (Å²) >= 11 is 0. The van der Waals surface area contributed by atoms with Crippen LogP contribution in [0.15, 0.2) is 54.2 Å². The standard InChI is InChI=1S/C20H19N3O4/c1-2-26-13-3-4-14-15-10-17(24)23(11-12-5-7-22-8-6-12)20(25)18(15)19(21)27-16(14)9-13/h3-9,15H,2,10-11,21H2,1H3. The first-order valence-corrected chi connectivity index (χ1v) is 8.76. The van der Waals surface area contributed by atoms with Gasteiger partial charge in [-0.25, -0.2) is 0 Å². The predicted molar refractivity (Wildman–Crippen MR) is 96.6 cm³/mol. The lowest BCUT2D eigenvalue weighted by Crippen LogP contribution is -2.46. The van der Waals surface area contributed by atoms with E-state index in [0.29, 0.717) is 23.7 Å². The number of likely N-dealkylation sites (tertiary alicyclic amines) is 1. The van der Waals surface area contributed by atoms with Crippen LogP contribution in [0.4, 0.5) is 0 Å². The molecule has 1 unspecified atom stereocenters. The second kappa shape index (κ2) is 6.75. The molecule has 1 fully saturated rings. The highest BCUT2D eigenvalue weighted by molar-refractivity contribution is 6.09. The van der Waals surface area contributed by atoms with E-state index in [1.165, 1.54) is 4.90 Å². The van der Waals surface area contributed by atoms with Gasteiger partial charge in [-0.15, -0.1) is 0 Å². The highest BCUT2D eigenvalue weighted by Crippen LogP contribution is 2.44. The van der Waals surface area contributed by atoms with E-state index in [2.05, 4.69) is 4.98 Å². The van der Waals surface area contributed by atoms with Crippen LogP contribution in [0, 0.1) is 0 Å². The summed E-state index contributed by atoms with van der Waals surface area (Å²) in [5, 5.41) is 0. The summed E-state index contributed by atoms with van der Waals surface area (Å²) in [6.45, 7) is 2.60.